The average Bonchev–Trinajstić information content (AvgIpc) is 2.71. The van der Waals surface area contributed by atoms with Gasteiger partial charge in [-0.1, -0.05) is 23.7 Å². The van der Waals surface area contributed by atoms with E-state index in [0.29, 0.717) is 41.2 Å². The first kappa shape index (κ1) is 19.9. The summed E-state index contributed by atoms with van der Waals surface area (Å²) in [5, 5.41) is 12.6. The van der Waals surface area contributed by atoms with Crippen LogP contribution in [0, 0.1) is 0 Å². The Labute approximate surface area is 167 Å². The number of H-pyrrole nitrogens is 1. The van der Waals surface area contributed by atoms with Gasteiger partial charge in [-0.2, -0.15) is 0 Å². The zero-order chi connectivity index (χ0) is 19.9. The Hall–Kier alpha value is -2.83. The van der Waals surface area contributed by atoms with E-state index < -0.39 is 5.91 Å². The number of hydrogen-bond acceptors (Lipinski definition) is 4. The summed E-state index contributed by atoms with van der Waals surface area (Å²) in [6.07, 6.45) is 2.80. The van der Waals surface area contributed by atoms with Crippen LogP contribution in [0.2, 0.25) is 5.02 Å². The van der Waals surface area contributed by atoms with Gasteiger partial charge in [0.05, 0.1) is 6.61 Å². The first-order valence-corrected chi connectivity index (χ1v) is 9.38. The minimum atomic E-state index is -0.452. The van der Waals surface area contributed by atoms with Crippen LogP contribution < -0.4 is 15.5 Å². The molecule has 28 heavy (non-hydrogen) atoms. The fourth-order valence-electron chi connectivity index (χ4n) is 2.74. The summed E-state index contributed by atoms with van der Waals surface area (Å²) in [7, 11) is 0. The van der Waals surface area contributed by atoms with Crippen molar-refractivity contribution in [3.05, 3.63) is 75.0 Å². The number of hydrogen-bond donors (Lipinski definition) is 3. The number of halogens is 1. The molecule has 1 aromatic heterocycles. The molecule has 0 saturated carbocycles. The minimum absolute atomic E-state index is 0.0406. The fourth-order valence-corrected chi connectivity index (χ4v) is 2.87. The van der Waals surface area contributed by atoms with Crippen LogP contribution in [-0.4, -0.2) is 29.2 Å². The van der Waals surface area contributed by atoms with Crippen molar-refractivity contribution in [2.75, 3.05) is 13.2 Å². The monoisotopic (exact) mass is 400 g/mol. The van der Waals surface area contributed by atoms with E-state index in [1.54, 1.807) is 30.3 Å². The summed E-state index contributed by atoms with van der Waals surface area (Å²) in [6.45, 7) is 0.863. The molecule has 7 heteroatoms. The third-order valence-electron chi connectivity index (χ3n) is 4.28. The highest BCUT2D eigenvalue weighted by molar-refractivity contribution is 6.30. The average molecular weight is 401 g/mol. The van der Waals surface area contributed by atoms with E-state index in [2.05, 4.69) is 10.3 Å². The van der Waals surface area contributed by atoms with Crippen molar-refractivity contribution in [2.45, 2.75) is 19.4 Å². The van der Waals surface area contributed by atoms with E-state index in [1.165, 1.54) is 6.20 Å². The third-order valence-corrected chi connectivity index (χ3v) is 4.54. The number of pyridine rings is 1. The van der Waals surface area contributed by atoms with E-state index in [1.807, 2.05) is 12.1 Å². The normalized spacial score (nSPS) is 10.8. The zero-order valence-corrected chi connectivity index (χ0v) is 16.0. The standard InChI is InChI=1S/C21H21ClN2O4/c22-15-5-3-14(4-6-15)12-24-21(27)18-13-23-19-8-7-16(11-17(19)20(18)26)28-10-2-1-9-25/h3-8,11,13,25H,1-2,9-10,12H2,(H,23,26)(H,24,27). The van der Waals surface area contributed by atoms with Crippen LogP contribution in [0.1, 0.15) is 28.8 Å². The molecule has 0 atom stereocenters. The first-order chi connectivity index (χ1) is 13.6. The number of nitrogens with one attached hydrogen (secondary N) is 2. The second-order valence-electron chi connectivity index (χ2n) is 6.33. The highest BCUT2D eigenvalue weighted by Gasteiger charge is 2.13. The Bertz CT molecular complexity index is 1020. The zero-order valence-electron chi connectivity index (χ0n) is 15.2. The Morgan fingerprint density at radius 1 is 1.14 bits per heavy atom. The van der Waals surface area contributed by atoms with Crippen molar-refractivity contribution >= 4 is 28.4 Å². The van der Waals surface area contributed by atoms with Crippen LogP contribution in [0.4, 0.5) is 0 Å². The van der Waals surface area contributed by atoms with Gasteiger partial charge in [0.15, 0.2) is 0 Å². The lowest BCUT2D eigenvalue weighted by atomic mass is 10.1. The maximum Gasteiger partial charge on any atom is 0.257 e. The quantitative estimate of drug-likeness (QED) is 0.506. The lowest BCUT2D eigenvalue weighted by molar-refractivity contribution is 0.0949. The van der Waals surface area contributed by atoms with Gasteiger partial charge in [0, 0.05) is 35.3 Å². The Balaban J connectivity index is 1.75. The second-order valence-corrected chi connectivity index (χ2v) is 6.76. The minimum Gasteiger partial charge on any atom is -0.494 e. The number of amides is 1. The Morgan fingerprint density at radius 2 is 1.93 bits per heavy atom. The number of aliphatic hydroxyl groups is 1. The van der Waals surface area contributed by atoms with E-state index in [0.717, 1.165) is 12.0 Å². The molecular weight excluding hydrogens is 380 g/mol. The molecule has 0 aliphatic rings. The van der Waals surface area contributed by atoms with E-state index in [9.17, 15) is 9.59 Å². The highest BCUT2D eigenvalue weighted by Crippen LogP contribution is 2.18. The van der Waals surface area contributed by atoms with Gasteiger partial charge in [0.1, 0.15) is 11.3 Å². The number of fused-ring (bicyclic) bond motifs is 1. The lowest BCUT2D eigenvalue weighted by Gasteiger charge is -2.08. The fraction of sp³-hybridized carbons (Fsp3) is 0.238. The van der Waals surface area contributed by atoms with Crippen molar-refractivity contribution in [3.8, 4) is 5.75 Å². The Kier molecular flexibility index (Phi) is 6.68. The van der Waals surface area contributed by atoms with Gasteiger partial charge >= 0.3 is 0 Å². The third kappa shape index (κ3) is 4.91. The van der Waals surface area contributed by atoms with Gasteiger partial charge in [-0.3, -0.25) is 9.59 Å². The first-order valence-electron chi connectivity index (χ1n) is 9.00. The van der Waals surface area contributed by atoms with Crippen LogP contribution in [0.15, 0.2) is 53.5 Å². The summed E-state index contributed by atoms with van der Waals surface area (Å²) in [5.41, 5.74) is 1.19. The molecule has 0 aliphatic carbocycles. The SMILES string of the molecule is O=C(NCc1ccc(Cl)cc1)c1c[nH]c2ccc(OCCCCO)cc2c1=O. The molecule has 1 heterocycles. The summed E-state index contributed by atoms with van der Waals surface area (Å²) in [5.74, 6) is 0.0991. The number of aromatic nitrogens is 1. The molecule has 0 spiro atoms. The van der Waals surface area contributed by atoms with Gasteiger partial charge in [-0.15, -0.1) is 0 Å². The maximum atomic E-state index is 12.8. The van der Waals surface area contributed by atoms with Crippen molar-refractivity contribution in [1.82, 2.24) is 10.3 Å². The Morgan fingerprint density at radius 3 is 2.68 bits per heavy atom. The van der Waals surface area contributed by atoms with Crippen LogP contribution in [-0.2, 0) is 6.54 Å². The van der Waals surface area contributed by atoms with Crippen LogP contribution in [0.25, 0.3) is 10.9 Å². The number of ether oxygens (including phenoxy) is 1. The summed E-state index contributed by atoms with van der Waals surface area (Å²) < 4.78 is 5.61. The molecule has 3 N–H and O–H groups in total. The van der Waals surface area contributed by atoms with Gasteiger partial charge in [0.25, 0.3) is 5.91 Å². The number of carbonyl (C=O) groups is 1. The second kappa shape index (κ2) is 9.39. The lowest BCUT2D eigenvalue weighted by Crippen LogP contribution is -2.28. The van der Waals surface area contributed by atoms with E-state index in [4.69, 9.17) is 21.4 Å². The van der Waals surface area contributed by atoms with E-state index in [-0.39, 0.29) is 17.6 Å². The van der Waals surface area contributed by atoms with E-state index >= 15 is 0 Å². The van der Waals surface area contributed by atoms with Gasteiger partial charge in [0.2, 0.25) is 5.43 Å². The molecule has 3 aromatic rings. The van der Waals surface area contributed by atoms with Crippen LogP contribution in [0.3, 0.4) is 0 Å². The molecule has 0 fully saturated rings. The number of aliphatic hydroxyl groups excluding tert-OH is 1. The number of carbonyl (C=O) groups excluding carboxylic acids is 1. The van der Waals surface area contributed by atoms with Crippen molar-refractivity contribution in [2.24, 2.45) is 0 Å². The topological polar surface area (TPSA) is 91.4 Å². The number of unbranched alkanes of at least 4 members (excludes halogenated alkanes) is 1. The molecule has 1 amide bonds. The molecular formula is C21H21ClN2O4. The maximum absolute atomic E-state index is 12.8. The molecule has 2 aromatic carbocycles. The largest absolute Gasteiger partial charge is 0.494 e. The summed E-state index contributed by atoms with van der Waals surface area (Å²) in [4.78, 5) is 28.2. The molecule has 0 bridgehead atoms. The summed E-state index contributed by atoms with van der Waals surface area (Å²) in [6, 6.07) is 12.2. The summed E-state index contributed by atoms with van der Waals surface area (Å²) >= 11 is 5.85. The van der Waals surface area contributed by atoms with Crippen molar-refractivity contribution in [3.63, 3.8) is 0 Å². The van der Waals surface area contributed by atoms with Crippen molar-refractivity contribution < 1.29 is 14.6 Å². The van der Waals surface area contributed by atoms with Gasteiger partial charge in [-0.25, -0.2) is 0 Å². The molecule has 3 rings (SSSR count). The smallest absolute Gasteiger partial charge is 0.257 e. The van der Waals surface area contributed by atoms with Crippen LogP contribution in [0.5, 0.6) is 5.75 Å². The van der Waals surface area contributed by atoms with Crippen LogP contribution >= 0.6 is 11.6 Å². The number of rotatable bonds is 8. The predicted molar refractivity (Wildman–Crippen MR) is 109 cm³/mol. The van der Waals surface area contributed by atoms with Crippen molar-refractivity contribution in [1.29, 1.82) is 0 Å². The van der Waals surface area contributed by atoms with Gasteiger partial charge in [-0.05, 0) is 48.7 Å². The number of aromatic amines is 1. The molecule has 6 nitrogen and oxygen atoms in total. The number of benzene rings is 2. The molecule has 146 valence electrons. The predicted octanol–water partition coefficient (Wildman–Crippen LogP) is 3.26. The molecule has 0 saturated heterocycles. The molecule has 0 aliphatic heterocycles. The molecule has 0 unspecified atom stereocenters. The van der Waals surface area contributed by atoms with Gasteiger partial charge < -0.3 is 20.1 Å². The highest BCUT2D eigenvalue weighted by atomic mass is 35.5. The molecule has 0 radical (unpaired) electrons.